The van der Waals surface area contributed by atoms with E-state index >= 15 is 0 Å². The minimum Gasteiger partial charge on any atom is -0.497 e. The Kier molecular flexibility index (Phi) is 7.07. The molecule has 0 aliphatic heterocycles. The minimum absolute atomic E-state index is 0.149. The van der Waals surface area contributed by atoms with E-state index in [4.69, 9.17) is 21.1 Å². The summed E-state index contributed by atoms with van der Waals surface area (Å²) in [5.41, 5.74) is 4.86. The molecule has 0 unspecified atom stereocenters. The van der Waals surface area contributed by atoms with Crippen LogP contribution in [0.3, 0.4) is 0 Å². The van der Waals surface area contributed by atoms with Gasteiger partial charge in [0.25, 0.3) is 0 Å². The van der Waals surface area contributed by atoms with Crippen LogP contribution in [0.15, 0.2) is 59.1 Å². The highest BCUT2D eigenvalue weighted by Crippen LogP contribution is 2.41. The van der Waals surface area contributed by atoms with E-state index in [1.54, 1.807) is 14.2 Å². The number of anilines is 1. The van der Waals surface area contributed by atoms with E-state index < -0.39 is 0 Å². The summed E-state index contributed by atoms with van der Waals surface area (Å²) in [6, 6.07) is 18.0. The predicted octanol–water partition coefficient (Wildman–Crippen LogP) is 6.85. The summed E-state index contributed by atoms with van der Waals surface area (Å²) in [6.07, 6.45) is 2.23. The Bertz CT molecular complexity index is 1060. The van der Waals surface area contributed by atoms with Gasteiger partial charge in [-0.05, 0) is 75.8 Å². The minimum atomic E-state index is 0.149. The number of nitrogens with zero attached hydrogens (tertiary/aromatic N) is 1. The average Bonchev–Trinajstić information content (AvgIpc) is 2.82. The van der Waals surface area contributed by atoms with Crippen molar-refractivity contribution in [2.75, 3.05) is 19.1 Å². The third-order valence-corrected chi connectivity index (χ3v) is 6.95. The maximum Gasteiger partial charge on any atom is 0.164 e. The molecule has 0 bridgehead atoms. The molecule has 1 aliphatic carbocycles. The molecule has 0 spiro atoms. The highest BCUT2D eigenvalue weighted by atomic mass is 79.9. The third kappa shape index (κ3) is 4.79. The molecule has 0 amide bonds. The van der Waals surface area contributed by atoms with Crippen LogP contribution in [0.4, 0.5) is 5.69 Å². The molecule has 4 rings (SSSR count). The van der Waals surface area contributed by atoms with Gasteiger partial charge in [0.2, 0.25) is 0 Å². The molecule has 0 saturated heterocycles. The van der Waals surface area contributed by atoms with Gasteiger partial charge in [0.15, 0.2) is 5.78 Å². The second-order valence-corrected chi connectivity index (χ2v) is 9.07. The largest absolute Gasteiger partial charge is 0.497 e. The normalized spacial score (nSPS) is 12.9. The first-order chi connectivity index (χ1) is 15.5. The second-order valence-electron chi connectivity index (χ2n) is 7.87. The topological polar surface area (TPSA) is 38.8 Å². The van der Waals surface area contributed by atoms with Crippen molar-refractivity contribution in [3.8, 4) is 11.5 Å². The third-order valence-electron chi connectivity index (χ3n) is 5.81. The Balaban J connectivity index is 1.74. The molecule has 4 nitrogen and oxygen atoms in total. The molecule has 3 aromatic rings. The fraction of sp³-hybridized carbons (Fsp3) is 0.269. The zero-order chi connectivity index (χ0) is 22.7. The van der Waals surface area contributed by atoms with E-state index in [9.17, 15) is 4.79 Å². The summed E-state index contributed by atoms with van der Waals surface area (Å²) in [5, 5.41) is 0.653. The lowest BCUT2D eigenvalue weighted by atomic mass is 9.90. The summed E-state index contributed by atoms with van der Waals surface area (Å²) in [4.78, 5) is 15.0. The maximum atomic E-state index is 12.8. The van der Waals surface area contributed by atoms with Crippen LogP contribution in [0.5, 0.6) is 11.5 Å². The van der Waals surface area contributed by atoms with E-state index in [1.807, 2.05) is 30.3 Å². The molecule has 0 saturated carbocycles. The van der Waals surface area contributed by atoms with Crippen LogP contribution < -0.4 is 14.4 Å². The van der Waals surface area contributed by atoms with E-state index in [2.05, 4.69) is 45.1 Å². The summed E-state index contributed by atoms with van der Waals surface area (Å²) >= 11 is 10.4. The monoisotopic (exact) mass is 513 g/mol. The van der Waals surface area contributed by atoms with Crippen LogP contribution in [0.2, 0.25) is 5.02 Å². The summed E-state index contributed by atoms with van der Waals surface area (Å²) < 4.78 is 11.4. The molecule has 3 aromatic carbocycles. The van der Waals surface area contributed by atoms with Crippen molar-refractivity contribution < 1.29 is 14.3 Å². The van der Waals surface area contributed by atoms with Gasteiger partial charge in [-0.25, -0.2) is 0 Å². The van der Waals surface area contributed by atoms with Crippen molar-refractivity contribution >= 4 is 39.0 Å². The SMILES string of the molecule is COc1ccc(CN(Cc2ccc(OC)cc2)c2cc(Cl)c3c(c2Br)C(=O)CCC3)cc1. The number of ketones is 1. The van der Waals surface area contributed by atoms with Gasteiger partial charge in [0, 0.05) is 30.1 Å². The van der Waals surface area contributed by atoms with Gasteiger partial charge < -0.3 is 14.4 Å². The van der Waals surface area contributed by atoms with Gasteiger partial charge in [-0.15, -0.1) is 0 Å². The van der Waals surface area contributed by atoms with Crippen molar-refractivity contribution in [1.29, 1.82) is 0 Å². The second kappa shape index (κ2) is 9.97. The van der Waals surface area contributed by atoms with Gasteiger partial charge in [-0.3, -0.25) is 4.79 Å². The Morgan fingerprint density at radius 1 is 0.906 bits per heavy atom. The Hall–Kier alpha value is -2.50. The number of carbonyl (C=O) groups excluding carboxylic acids is 1. The molecular weight excluding hydrogens is 490 g/mol. The number of ether oxygens (including phenoxy) is 2. The highest BCUT2D eigenvalue weighted by Gasteiger charge is 2.26. The van der Waals surface area contributed by atoms with Crippen LogP contribution in [-0.2, 0) is 19.5 Å². The van der Waals surface area contributed by atoms with Gasteiger partial charge in [0.05, 0.1) is 24.4 Å². The van der Waals surface area contributed by atoms with E-state index in [1.165, 1.54) is 0 Å². The molecule has 0 atom stereocenters. The molecule has 0 heterocycles. The Labute approximate surface area is 202 Å². The number of carbonyl (C=O) groups is 1. The van der Waals surface area contributed by atoms with Crippen molar-refractivity contribution in [3.05, 3.63) is 86.3 Å². The Morgan fingerprint density at radius 2 is 1.44 bits per heavy atom. The lowest BCUT2D eigenvalue weighted by Gasteiger charge is -2.29. The van der Waals surface area contributed by atoms with Crippen LogP contribution in [0.25, 0.3) is 0 Å². The number of hydrogen-bond donors (Lipinski definition) is 0. The van der Waals surface area contributed by atoms with Crippen molar-refractivity contribution in [1.82, 2.24) is 0 Å². The van der Waals surface area contributed by atoms with E-state index in [0.717, 1.165) is 56.8 Å². The highest BCUT2D eigenvalue weighted by molar-refractivity contribution is 9.10. The molecule has 0 N–H and O–H groups in total. The average molecular weight is 515 g/mol. The van der Waals surface area contributed by atoms with E-state index in [0.29, 0.717) is 24.5 Å². The number of methoxy groups -OCH3 is 2. The zero-order valence-electron chi connectivity index (χ0n) is 18.2. The number of halogens is 2. The molecule has 0 radical (unpaired) electrons. The Morgan fingerprint density at radius 3 is 1.94 bits per heavy atom. The molecular formula is C26H25BrClNO3. The fourth-order valence-electron chi connectivity index (χ4n) is 4.10. The first-order valence-corrected chi connectivity index (χ1v) is 11.7. The zero-order valence-corrected chi connectivity index (χ0v) is 20.5. The first-order valence-electron chi connectivity index (χ1n) is 10.5. The standard InChI is InChI=1S/C26H25BrClNO3/c1-31-19-10-6-17(7-11-19)15-29(16-18-8-12-20(32-2)13-9-18)23-14-22(28)21-4-3-5-24(30)25(21)26(23)27/h6-14H,3-5,15-16H2,1-2H3. The number of fused-ring (bicyclic) bond motifs is 1. The first kappa shape index (κ1) is 22.7. The van der Waals surface area contributed by atoms with Gasteiger partial charge >= 0.3 is 0 Å². The predicted molar refractivity (Wildman–Crippen MR) is 132 cm³/mol. The molecule has 0 fully saturated rings. The summed E-state index contributed by atoms with van der Waals surface area (Å²) in [7, 11) is 3.32. The van der Waals surface area contributed by atoms with Gasteiger partial charge in [-0.1, -0.05) is 35.9 Å². The van der Waals surface area contributed by atoms with Crippen LogP contribution in [0.1, 0.15) is 39.9 Å². The number of benzene rings is 3. The quantitative estimate of drug-likeness (QED) is 0.346. The molecule has 6 heteroatoms. The van der Waals surface area contributed by atoms with E-state index in [-0.39, 0.29) is 5.78 Å². The maximum absolute atomic E-state index is 12.8. The summed E-state index contributed by atoms with van der Waals surface area (Å²) in [5.74, 6) is 1.79. The molecule has 32 heavy (non-hydrogen) atoms. The number of Topliss-reactive ketones (excluding diaryl/α,β-unsaturated/α-hetero) is 1. The molecule has 1 aliphatic rings. The molecule has 166 valence electrons. The number of hydrogen-bond acceptors (Lipinski definition) is 4. The summed E-state index contributed by atoms with van der Waals surface area (Å²) in [6.45, 7) is 1.30. The van der Waals surface area contributed by atoms with Crippen molar-refractivity contribution in [2.45, 2.75) is 32.4 Å². The van der Waals surface area contributed by atoms with Gasteiger partial charge in [0.1, 0.15) is 11.5 Å². The lowest BCUT2D eigenvalue weighted by molar-refractivity contribution is 0.0971. The van der Waals surface area contributed by atoms with Crippen LogP contribution >= 0.6 is 27.5 Å². The smallest absolute Gasteiger partial charge is 0.164 e. The molecule has 0 aromatic heterocycles. The van der Waals surface area contributed by atoms with Gasteiger partial charge in [-0.2, -0.15) is 0 Å². The fourth-order valence-corrected chi connectivity index (χ4v) is 5.21. The van der Waals surface area contributed by atoms with Crippen molar-refractivity contribution in [3.63, 3.8) is 0 Å². The van der Waals surface area contributed by atoms with Crippen molar-refractivity contribution in [2.24, 2.45) is 0 Å². The van der Waals surface area contributed by atoms with Crippen LogP contribution in [0, 0.1) is 0 Å². The lowest BCUT2D eigenvalue weighted by Crippen LogP contribution is -2.24. The number of rotatable bonds is 7. The van der Waals surface area contributed by atoms with Crippen LogP contribution in [-0.4, -0.2) is 20.0 Å².